The Labute approximate surface area is 89.5 Å². The minimum Gasteiger partial charge on any atom is -0.301 e. The molecule has 0 rings (SSSR count). The number of carbonyl (C=O) groups is 1. The lowest BCUT2D eigenvalue weighted by molar-refractivity contribution is -0.118. The Morgan fingerprint density at radius 1 is 1.29 bits per heavy atom. The molecule has 0 saturated carbocycles. The molecule has 0 N–H and O–H groups in total. The molecule has 0 aliphatic heterocycles. The number of amidine groups is 1. The summed E-state index contributed by atoms with van der Waals surface area (Å²) >= 11 is 1.38. The van der Waals surface area contributed by atoms with Gasteiger partial charge in [0.2, 0.25) is 0 Å². The molecular formula is C9H17N3OS. The summed E-state index contributed by atoms with van der Waals surface area (Å²) < 4.78 is 0. The molecule has 4 nitrogen and oxygen atoms in total. The maximum atomic E-state index is 11.3. The molecule has 0 spiro atoms. The van der Waals surface area contributed by atoms with E-state index in [-0.39, 0.29) is 5.91 Å². The number of rotatable bonds is 2. The van der Waals surface area contributed by atoms with Crippen LogP contribution in [0.3, 0.4) is 0 Å². The standard InChI is InChI=1S/C9H17N3OS/c1-7(2)10-9(14-5)11-8(13)6-12(3)4/h6H2,1-5H3. The second kappa shape index (κ2) is 6.73. The van der Waals surface area contributed by atoms with Gasteiger partial charge in [0, 0.05) is 5.71 Å². The molecule has 0 aliphatic carbocycles. The van der Waals surface area contributed by atoms with Crippen molar-refractivity contribution < 1.29 is 4.79 Å². The van der Waals surface area contributed by atoms with Crippen LogP contribution in [0.4, 0.5) is 0 Å². The van der Waals surface area contributed by atoms with E-state index < -0.39 is 0 Å². The highest BCUT2D eigenvalue weighted by Gasteiger charge is 2.03. The van der Waals surface area contributed by atoms with E-state index in [1.807, 2.05) is 34.2 Å². The summed E-state index contributed by atoms with van der Waals surface area (Å²) in [7, 11) is 3.67. The van der Waals surface area contributed by atoms with Gasteiger partial charge in [-0.15, -0.1) is 0 Å². The van der Waals surface area contributed by atoms with Crippen LogP contribution in [0.25, 0.3) is 0 Å². The second-order valence-corrected chi connectivity index (χ2v) is 4.06. The van der Waals surface area contributed by atoms with Crippen LogP contribution in [-0.4, -0.2) is 48.6 Å². The molecule has 0 bridgehead atoms. The maximum absolute atomic E-state index is 11.3. The third kappa shape index (κ3) is 6.80. The van der Waals surface area contributed by atoms with Gasteiger partial charge in [0.15, 0.2) is 5.17 Å². The Morgan fingerprint density at radius 3 is 2.21 bits per heavy atom. The molecule has 0 aromatic heterocycles. The van der Waals surface area contributed by atoms with Crippen molar-refractivity contribution >= 4 is 28.5 Å². The van der Waals surface area contributed by atoms with Crippen molar-refractivity contribution in [3.8, 4) is 0 Å². The van der Waals surface area contributed by atoms with Crippen molar-refractivity contribution in [3.63, 3.8) is 0 Å². The van der Waals surface area contributed by atoms with Crippen molar-refractivity contribution in [1.82, 2.24) is 4.90 Å². The quantitative estimate of drug-likeness (QED) is 0.515. The number of thioether (sulfide) groups is 1. The summed E-state index contributed by atoms with van der Waals surface area (Å²) in [6.45, 7) is 4.08. The summed E-state index contributed by atoms with van der Waals surface area (Å²) in [5, 5.41) is 0.525. The van der Waals surface area contributed by atoms with Crippen LogP contribution in [0.5, 0.6) is 0 Å². The zero-order chi connectivity index (χ0) is 11.1. The van der Waals surface area contributed by atoms with Gasteiger partial charge >= 0.3 is 0 Å². The van der Waals surface area contributed by atoms with E-state index in [0.717, 1.165) is 5.71 Å². The molecule has 0 saturated heterocycles. The van der Waals surface area contributed by atoms with E-state index >= 15 is 0 Å². The number of hydrogen-bond donors (Lipinski definition) is 0. The molecule has 0 fully saturated rings. The minimum absolute atomic E-state index is 0.163. The van der Waals surface area contributed by atoms with Crippen molar-refractivity contribution in [2.24, 2.45) is 9.98 Å². The zero-order valence-corrected chi connectivity index (χ0v) is 10.2. The van der Waals surface area contributed by atoms with Crippen LogP contribution in [-0.2, 0) is 4.79 Å². The van der Waals surface area contributed by atoms with Crippen molar-refractivity contribution in [2.45, 2.75) is 13.8 Å². The molecule has 1 amide bonds. The average Bonchev–Trinajstić information content (AvgIpc) is 2.00. The summed E-state index contributed by atoms with van der Waals surface area (Å²) in [5.74, 6) is -0.163. The van der Waals surface area contributed by atoms with Gasteiger partial charge in [-0.1, -0.05) is 11.8 Å². The Hall–Kier alpha value is -0.680. The first-order valence-corrected chi connectivity index (χ1v) is 5.50. The normalized spacial score (nSPS) is 11.7. The lowest BCUT2D eigenvalue weighted by Gasteiger charge is -2.05. The van der Waals surface area contributed by atoms with E-state index in [0.29, 0.717) is 11.7 Å². The van der Waals surface area contributed by atoms with Crippen LogP contribution in [0, 0.1) is 0 Å². The highest BCUT2D eigenvalue weighted by molar-refractivity contribution is 8.13. The van der Waals surface area contributed by atoms with Gasteiger partial charge in [0.1, 0.15) is 0 Å². The van der Waals surface area contributed by atoms with Gasteiger partial charge in [0.05, 0.1) is 6.54 Å². The Morgan fingerprint density at radius 2 is 1.86 bits per heavy atom. The topological polar surface area (TPSA) is 45.0 Å². The molecule has 0 unspecified atom stereocenters. The Bertz CT molecular complexity index is 255. The number of amides is 1. The van der Waals surface area contributed by atoms with Gasteiger partial charge in [-0.3, -0.25) is 4.79 Å². The van der Waals surface area contributed by atoms with E-state index in [2.05, 4.69) is 9.98 Å². The predicted octanol–water partition coefficient (Wildman–Crippen LogP) is 1.27. The fourth-order valence-corrected chi connectivity index (χ4v) is 1.19. The first-order valence-electron chi connectivity index (χ1n) is 4.28. The van der Waals surface area contributed by atoms with E-state index in [9.17, 15) is 4.79 Å². The molecule has 0 aromatic carbocycles. The average molecular weight is 215 g/mol. The smallest absolute Gasteiger partial charge is 0.262 e. The summed E-state index contributed by atoms with van der Waals surface area (Å²) in [6, 6.07) is 0. The largest absolute Gasteiger partial charge is 0.301 e. The summed E-state index contributed by atoms with van der Waals surface area (Å²) in [5.41, 5.74) is 0.899. The minimum atomic E-state index is -0.163. The molecule has 0 heterocycles. The number of carbonyl (C=O) groups excluding carboxylic acids is 1. The van der Waals surface area contributed by atoms with Crippen LogP contribution < -0.4 is 0 Å². The molecule has 0 aliphatic rings. The van der Waals surface area contributed by atoms with Crippen molar-refractivity contribution in [3.05, 3.63) is 0 Å². The van der Waals surface area contributed by atoms with Gasteiger partial charge in [-0.2, -0.15) is 4.99 Å². The second-order valence-electron chi connectivity index (χ2n) is 3.29. The maximum Gasteiger partial charge on any atom is 0.262 e. The lowest BCUT2D eigenvalue weighted by Crippen LogP contribution is -2.20. The predicted molar refractivity (Wildman–Crippen MR) is 63.3 cm³/mol. The van der Waals surface area contributed by atoms with Crippen LogP contribution in [0.1, 0.15) is 13.8 Å². The zero-order valence-electron chi connectivity index (χ0n) is 9.37. The molecule has 14 heavy (non-hydrogen) atoms. The summed E-state index contributed by atoms with van der Waals surface area (Å²) in [4.78, 5) is 21.1. The van der Waals surface area contributed by atoms with Crippen molar-refractivity contribution in [1.29, 1.82) is 0 Å². The van der Waals surface area contributed by atoms with Crippen LogP contribution >= 0.6 is 11.8 Å². The van der Waals surface area contributed by atoms with Crippen LogP contribution in [0.2, 0.25) is 0 Å². The highest BCUT2D eigenvalue weighted by atomic mass is 32.2. The molecular weight excluding hydrogens is 198 g/mol. The molecule has 0 atom stereocenters. The molecule has 0 radical (unpaired) electrons. The number of likely N-dealkylation sites (N-methyl/N-ethyl adjacent to an activating group) is 1. The van der Waals surface area contributed by atoms with E-state index in [1.54, 1.807) is 4.90 Å². The third-order valence-electron chi connectivity index (χ3n) is 1.17. The number of aliphatic imine (C=N–C) groups is 2. The SMILES string of the molecule is CSC(N=C(C)C)=NC(=O)CN(C)C. The first kappa shape index (κ1) is 13.3. The fraction of sp³-hybridized carbons (Fsp3) is 0.667. The number of nitrogens with zero attached hydrogens (tertiary/aromatic N) is 3. The van der Waals surface area contributed by atoms with Crippen molar-refractivity contribution in [2.75, 3.05) is 26.9 Å². The number of hydrogen-bond acceptors (Lipinski definition) is 3. The monoisotopic (exact) mass is 215 g/mol. The third-order valence-corrected chi connectivity index (χ3v) is 1.72. The summed E-state index contributed by atoms with van der Waals surface area (Å²) in [6.07, 6.45) is 1.86. The van der Waals surface area contributed by atoms with Crippen LogP contribution in [0.15, 0.2) is 9.98 Å². The van der Waals surface area contributed by atoms with Gasteiger partial charge < -0.3 is 4.90 Å². The van der Waals surface area contributed by atoms with E-state index in [1.165, 1.54) is 11.8 Å². The Balaban J connectivity index is 4.44. The first-order chi connectivity index (χ1) is 6.45. The molecule has 5 heteroatoms. The molecule has 80 valence electrons. The fourth-order valence-electron chi connectivity index (χ4n) is 0.720. The lowest BCUT2D eigenvalue weighted by atomic mass is 10.5. The van der Waals surface area contributed by atoms with Gasteiger partial charge in [0.25, 0.3) is 5.91 Å². The van der Waals surface area contributed by atoms with E-state index in [4.69, 9.17) is 0 Å². The van der Waals surface area contributed by atoms with Gasteiger partial charge in [-0.25, -0.2) is 4.99 Å². The highest BCUT2D eigenvalue weighted by Crippen LogP contribution is 2.01. The molecule has 0 aromatic rings. The van der Waals surface area contributed by atoms with Gasteiger partial charge in [-0.05, 0) is 34.2 Å². The Kier molecular flexibility index (Phi) is 6.40.